The summed E-state index contributed by atoms with van der Waals surface area (Å²) in [6.07, 6.45) is 0. The Balaban J connectivity index is 2.02. The van der Waals surface area contributed by atoms with Gasteiger partial charge in [-0.05, 0) is 36.8 Å². The van der Waals surface area contributed by atoms with Crippen molar-refractivity contribution in [3.63, 3.8) is 0 Å². The Morgan fingerprint density at radius 1 is 1.16 bits per heavy atom. The number of anilines is 1. The number of oxazole rings is 1. The van der Waals surface area contributed by atoms with Crippen molar-refractivity contribution in [1.82, 2.24) is 4.98 Å². The molecule has 25 heavy (non-hydrogen) atoms. The molecule has 6 heteroatoms. The van der Waals surface area contributed by atoms with E-state index in [-0.39, 0.29) is 5.91 Å². The van der Waals surface area contributed by atoms with E-state index < -0.39 is 5.41 Å². The molecule has 0 saturated heterocycles. The highest BCUT2D eigenvalue weighted by Gasteiger charge is 2.22. The smallest absolute Gasteiger partial charge is 0.229 e. The van der Waals surface area contributed by atoms with Crippen LogP contribution < -0.4 is 5.32 Å². The number of fused-ring (bicyclic) bond motifs is 1. The summed E-state index contributed by atoms with van der Waals surface area (Å²) >= 11 is 12.2. The van der Waals surface area contributed by atoms with Crippen molar-refractivity contribution in [2.24, 2.45) is 5.41 Å². The Kier molecular flexibility index (Phi) is 4.52. The molecule has 0 radical (unpaired) electrons. The van der Waals surface area contributed by atoms with Crippen molar-refractivity contribution >= 4 is 45.9 Å². The summed E-state index contributed by atoms with van der Waals surface area (Å²) in [4.78, 5) is 16.7. The van der Waals surface area contributed by atoms with Crippen LogP contribution in [0.15, 0.2) is 34.7 Å². The van der Waals surface area contributed by atoms with Crippen LogP contribution in [0.4, 0.5) is 5.69 Å². The van der Waals surface area contributed by atoms with Crippen LogP contribution in [0.3, 0.4) is 0 Å². The molecule has 0 spiro atoms. The summed E-state index contributed by atoms with van der Waals surface area (Å²) in [6.45, 7) is 7.54. The fraction of sp³-hybridized carbons (Fsp3) is 0.263. The van der Waals surface area contributed by atoms with Crippen molar-refractivity contribution in [2.45, 2.75) is 27.7 Å². The maximum absolute atomic E-state index is 12.3. The lowest BCUT2D eigenvalue weighted by atomic mass is 9.95. The largest absolute Gasteiger partial charge is 0.435 e. The second-order valence-electron chi connectivity index (χ2n) is 6.99. The fourth-order valence-corrected chi connectivity index (χ4v) is 2.80. The van der Waals surface area contributed by atoms with E-state index in [1.54, 1.807) is 12.1 Å². The number of aryl methyl sites for hydroxylation is 1. The molecular formula is C19H18Cl2N2O2. The number of nitrogens with zero attached hydrogens (tertiary/aromatic N) is 1. The highest BCUT2D eigenvalue weighted by molar-refractivity contribution is 6.38. The third-order valence-electron chi connectivity index (χ3n) is 3.82. The van der Waals surface area contributed by atoms with Gasteiger partial charge < -0.3 is 9.73 Å². The molecule has 0 aliphatic rings. The first kappa shape index (κ1) is 17.8. The molecule has 2 aromatic carbocycles. The number of benzene rings is 2. The van der Waals surface area contributed by atoms with Crippen LogP contribution in [0.2, 0.25) is 10.0 Å². The monoisotopic (exact) mass is 376 g/mol. The van der Waals surface area contributed by atoms with Crippen LogP contribution in [-0.4, -0.2) is 10.9 Å². The lowest BCUT2D eigenvalue weighted by Gasteiger charge is -2.19. The third-order valence-corrected chi connectivity index (χ3v) is 4.32. The van der Waals surface area contributed by atoms with Crippen LogP contribution in [-0.2, 0) is 4.79 Å². The molecule has 0 aliphatic heterocycles. The van der Waals surface area contributed by atoms with Gasteiger partial charge in [-0.3, -0.25) is 4.79 Å². The second kappa shape index (κ2) is 6.36. The summed E-state index contributed by atoms with van der Waals surface area (Å²) in [6, 6.07) is 8.97. The zero-order valence-electron chi connectivity index (χ0n) is 14.4. The summed E-state index contributed by atoms with van der Waals surface area (Å²) in [5, 5.41) is 3.87. The quantitative estimate of drug-likeness (QED) is 0.588. The van der Waals surface area contributed by atoms with E-state index in [0.29, 0.717) is 27.0 Å². The molecule has 0 aliphatic carbocycles. The van der Waals surface area contributed by atoms with Gasteiger partial charge in [0.1, 0.15) is 5.52 Å². The van der Waals surface area contributed by atoms with Crippen LogP contribution in [0.5, 0.6) is 0 Å². The van der Waals surface area contributed by atoms with E-state index in [2.05, 4.69) is 10.3 Å². The van der Waals surface area contributed by atoms with Gasteiger partial charge in [-0.15, -0.1) is 0 Å². The van der Waals surface area contributed by atoms with Gasteiger partial charge in [0.05, 0.1) is 5.02 Å². The maximum Gasteiger partial charge on any atom is 0.229 e. The lowest BCUT2D eigenvalue weighted by Crippen LogP contribution is -2.27. The van der Waals surface area contributed by atoms with E-state index >= 15 is 0 Å². The minimum atomic E-state index is -0.482. The van der Waals surface area contributed by atoms with Crippen molar-refractivity contribution in [3.05, 3.63) is 45.9 Å². The number of halogens is 2. The number of carbonyl (C=O) groups is 1. The van der Waals surface area contributed by atoms with Crippen LogP contribution in [0.1, 0.15) is 26.3 Å². The summed E-state index contributed by atoms with van der Waals surface area (Å²) in [5.74, 6) is 0.366. The van der Waals surface area contributed by atoms with Crippen molar-refractivity contribution in [3.8, 4) is 11.5 Å². The maximum atomic E-state index is 12.3. The average Bonchev–Trinajstić information content (AvgIpc) is 2.92. The Hall–Kier alpha value is -2.04. The Labute approximate surface area is 156 Å². The average molecular weight is 377 g/mol. The second-order valence-corrected chi connectivity index (χ2v) is 7.83. The SMILES string of the molecule is Cc1ccc(-c2nc3cc(Cl)cc(Cl)c3o2)cc1NC(=O)C(C)(C)C. The number of rotatable bonds is 2. The van der Waals surface area contributed by atoms with Crippen molar-refractivity contribution < 1.29 is 9.21 Å². The molecular weight excluding hydrogens is 359 g/mol. The number of carbonyl (C=O) groups excluding carboxylic acids is 1. The standard InChI is InChI=1S/C19H18Cl2N2O2/c1-10-5-6-11(7-14(10)23-18(24)19(2,3)4)17-22-15-9-12(20)8-13(21)16(15)25-17/h5-9H,1-4H3,(H,23,24). The molecule has 0 atom stereocenters. The molecule has 0 unspecified atom stereocenters. The van der Waals surface area contributed by atoms with E-state index in [9.17, 15) is 4.79 Å². The minimum absolute atomic E-state index is 0.0554. The first-order valence-corrected chi connectivity index (χ1v) is 8.59. The Morgan fingerprint density at radius 3 is 2.56 bits per heavy atom. The van der Waals surface area contributed by atoms with Gasteiger partial charge >= 0.3 is 0 Å². The zero-order valence-corrected chi connectivity index (χ0v) is 15.9. The highest BCUT2D eigenvalue weighted by Crippen LogP contribution is 2.33. The summed E-state index contributed by atoms with van der Waals surface area (Å²) in [5.41, 5.74) is 3.03. The molecule has 4 nitrogen and oxygen atoms in total. The van der Waals surface area contributed by atoms with E-state index in [0.717, 1.165) is 16.8 Å². The molecule has 130 valence electrons. The molecule has 1 N–H and O–H groups in total. The molecule has 0 fully saturated rings. The van der Waals surface area contributed by atoms with Gasteiger partial charge in [0, 0.05) is 21.7 Å². The van der Waals surface area contributed by atoms with Gasteiger partial charge in [-0.25, -0.2) is 4.98 Å². The highest BCUT2D eigenvalue weighted by atomic mass is 35.5. The van der Waals surface area contributed by atoms with Crippen LogP contribution in [0.25, 0.3) is 22.6 Å². The van der Waals surface area contributed by atoms with Crippen molar-refractivity contribution in [2.75, 3.05) is 5.32 Å². The third kappa shape index (κ3) is 3.65. The molecule has 3 aromatic rings. The number of aromatic nitrogens is 1. The molecule has 3 rings (SSSR count). The van der Waals surface area contributed by atoms with Gasteiger partial charge in [0.25, 0.3) is 0 Å². The first-order chi connectivity index (χ1) is 11.6. The molecule has 1 amide bonds. The minimum Gasteiger partial charge on any atom is -0.435 e. The van der Waals surface area contributed by atoms with E-state index in [1.807, 2.05) is 45.9 Å². The van der Waals surface area contributed by atoms with Gasteiger partial charge in [-0.1, -0.05) is 50.0 Å². The Morgan fingerprint density at radius 2 is 1.88 bits per heavy atom. The normalized spacial score (nSPS) is 11.8. The van der Waals surface area contributed by atoms with Crippen LogP contribution in [0, 0.1) is 12.3 Å². The summed E-state index contributed by atoms with van der Waals surface area (Å²) in [7, 11) is 0. The molecule has 0 bridgehead atoms. The molecule has 1 heterocycles. The number of amides is 1. The fourth-order valence-electron chi connectivity index (χ4n) is 2.28. The first-order valence-electron chi connectivity index (χ1n) is 7.83. The topological polar surface area (TPSA) is 55.1 Å². The van der Waals surface area contributed by atoms with Gasteiger partial charge in [0.15, 0.2) is 5.58 Å². The number of hydrogen-bond acceptors (Lipinski definition) is 3. The Bertz CT molecular complexity index is 971. The molecule has 0 saturated carbocycles. The van der Waals surface area contributed by atoms with Gasteiger partial charge in [0.2, 0.25) is 11.8 Å². The van der Waals surface area contributed by atoms with Crippen molar-refractivity contribution in [1.29, 1.82) is 0 Å². The predicted octanol–water partition coefficient (Wildman–Crippen LogP) is 6.09. The molecule has 1 aromatic heterocycles. The van der Waals surface area contributed by atoms with Gasteiger partial charge in [-0.2, -0.15) is 0 Å². The van der Waals surface area contributed by atoms with Crippen LogP contribution >= 0.6 is 23.2 Å². The zero-order chi connectivity index (χ0) is 18.4. The number of nitrogens with one attached hydrogen (secondary N) is 1. The predicted molar refractivity (Wildman–Crippen MR) is 102 cm³/mol. The van der Waals surface area contributed by atoms with E-state index in [1.165, 1.54) is 0 Å². The lowest BCUT2D eigenvalue weighted by molar-refractivity contribution is -0.123. The van der Waals surface area contributed by atoms with E-state index in [4.69, 9.17) is 27.6 Å². The summed E-state index contributed by atoms with van der Waals surface area (Å²) < 4.78 is 5.79. The number of hydrogen-bond donors (Lipinski definition) is 1.